The minimum absolute atomic E-state index is 0.0302. The van der Waals surface area contributed by atoms with Crippen molar-refractivity contribution >= 4 is 23.6 Å². The average molecular weight is 449 g/mol. The highest BCUT2D eigenvalue weighted by molar-refractivity contribution is 5.98. The fraction of sp³-hybridized carbons (Fsp3) is 0.440. The quantitative estimate of drug-likeness (QED) is 0.578. The van der Waals surface area contributed by atoms with E-state index in [4.69, 9.17) is 9.97 Å². The Morgan fingerprint density at radius 1 is 1.15 bits per heavy atom. The molecular weight excluding hydrogens is 416 g/mol. The fourth-order valence-corrected chi connectivity index (χ4v) is 4.46. The second kappa shape index (κ2) is 10.0. The molecule has 4 rings (SSSR count). The zero-order chi connectivity index (χ0) is 23.4. The van der Waals surface area contributed by atoms with Crippen molar-refractivity contribution in [2.45, 2.75) is 33.4 Å². The number of anilines is 2. The van der Waals surface area contributed by atoms with Gasteiger partial charge >= 0.3 is 0 Å². The molecule has 1 aromatic heterocycles. The van der Waals surface area contributed by atoms with E-state index in [1.807, 2.05) is 34.1 Å². The molecule has 1 saturated heterocycles. The van der Waals surface area contributed by atoms with Gasteiger partial charge in [-0.2, -0.15) is 4.98 Å². The molecule has 0 N–H and O–H groups in total. The van der Waals surface area contributed by atoms with E-state index >= 15 is 0 Å². The van der Waals surface area contributed by atoms with Gasteiger partial charge in [0, 0.05) is 58.3 Å². The van der Waals surface area contributed by atoms with Crippen LogP contribution in [0.5, 0.6) is 0 Å². The van der Waals surface area contributed by atoms with E-state index in [2.05, 4.69) is 35.4 Å². The highest BCUT2D eigenvalue weighted by Crippen LogP contribution is 2.32. The molecule has 8 nitrogen and oxygen atoms in total. The number of hydrogen-bond donors (Lipinski definition) is 0. The molecule has 1 fully saturated rings. The third kappa shape index (κ3) is 4.84. The SMILES string of the molecule is C=CCN(Cc1ccccc1)c1nc(N2CCN(C(C)=O)CC2)nc2c1CN(CCC)C2=O. The zero-order valence-electron chi connectivity index (χ0n) is 19.5. The van der Waals surface area contributed by atoms with Gasteiger partial charge in [-0.1, -0.05) is 43.3 Å². The van der Waals surface area contributed by atoms with E-state index in [1.54, 1.807) is 6.92 Å². The minimum Gasteiger partial charge on any atom is -0.348 e. The van der Waals surface area contributed by atoms with Crippen LogP contribution in [-0.4, -0.2) is 70.9 Å². The summed E-state index contributed by atoms with van der Waals surface area (Å²) in [6.45, 7) is 12.6. The molecule has 1 aromatic carbocycles. The molecule has 0 spiro atoms. The highest BCUT2D eigenvalue weighted by Gasteiger charge is 2.35. The summed E-state index contributed by atoms with van der Waals surface area (Å²) in [7, 11) is 0. The largest absolute Gasteiger partial charge is 0.348 e. The van der Waals surface area contributed by atoms with Crippen molar-refractivity contribution in [1.82, 2.24) is 19.8 Å². The summed E-state index contributed by atoms with van der Waals surface area (Å²) in [5, 5.41) is 0. The van der Waals surface area contributed by atoms with Crippen molar-refractivity contribution in [2.24, 2.45) is 0 Å². The number of fused-ring (bicyclic) bond motifs is 1. The molecule has 0 unspecified atom stereocenters. The Morgan fingerprint density at radius 2 is 1.88 bits per heavy atom. The first-order valence-electron chi connectivity index (χ1n) is 11.6. The fourth-order valence-electron chi connectivity index (χ4n) is 4.46. The summed E-state index contributed by atoms with van der Waals surface area (Å²) < 4.78 is 0. The van der Waals surface area contributed by atoms with Gasteiger partial charge in [-0.15, -0.1) is 6.58 Å². The first-order chi connectivity index (χ1) is 16.0. The molecule has 0 saturated carbocycles. The van der Waals surface area contributed by atoms with Crippen LogP contribution < -0.4 is 9.80 Å². The number of amides is 2. The molecular formula is C25H32N6O2. The van der Waals surface area contributed by atoms with Crippen molar-refractivity contribution in [3.63, 3.8) is 0 Å². The summed E-state index contributed by atoms with van der Waals surface area (Å²) in [6, 6.07) is 10.2. The van der Waals surface area contributed by atoms with Crippen LogP contribution in [-0.2, 0) is 17.9 Å². The maximum Gasteiger partial charge on any atom is 0.273 e. The summed E-state index contributed by atoms with van der Waals surface area (Å²) in [5.74, 6) is 1.40. The Kier molecular flexibility index (Phi) is 6.91. The predicted molar refractivity (Wildman–Crippen MR) is 129 cm³/mol. The summed E-state index contributed by atoms with van der Waals surface area (Å²) in [6.07, 6.45) is 2.76. The summed E-state index contributed by atoms with van der Waals surface area (Å²) in [4.78, 5) is 42.6. The van der Waals surface area contributed by atoms with Gasteiger partial charge < -0.3 is 19.6 Å². The lowest BCUT2D eigenvalue weighted by molar-refractivity contribution is -0.129. The Morgan fingerprint density at radius 3 is 2.52 bits per heavy atom. The summed E-state index contributed by atoms with van der Waals surface area (Å²) >= 11 is 0. The molecule has 0 aliphatic carbocycles. The highest BCUT2D eigenvalue weighted by atomic mass is 16.2. The van der Waals surface area contributed by atoms with Crippen LogP contribution in [0, 0.1) is 0 Å². The van der Waals surface area contributed by atoms with Crippen LogP contribution in [0.25, 0.3) is 0 Å². The van der Waals surface area contributed by atoms with Gasteiger partial charge in [-0.05, 0) is 12.0 Å². The average Bonchev–Trinajstić information content (AvgIpc) is 3.14. The molecule has 3 heterocycles. The number of aromatic nitrogens is 2. The topological polar surface area (TPSA) is 72.9 Å². The van der Waals surface area contributed by atoms with Gasteiger partial charge in [0.25, 0.3) is 5.91 Å². The lowest BCUT2D eigenvalue weighted by Crippen LogP contribution is -2.48. The Balaban J connectivity index is 1.71. The molecule has 2 aliphatic rings. The Bertz CT molecular complexity index is 1020. The minimum atomic E-state index is -0.0302. The van der Waals surface area contributed by atoms with E-state index < -0.39 is 0 Å². The van der Waals surface area contributed by atoms with Gasteiger partial charge in [0.15, 0.2) is 0 Å². The summed E-state index contributed by atoms with van der Waals surface area (Å²) in [5.41, 5.74) is 2.55. The van der Waals surface area contributed by atoms with E-state index in [1.165, 1.54) is 0 Å². The number of carbonyl (C=O) groups excluding carboxylic acids is 2. The second-order valence-corrected chi connectivity index (χ2v) is 8.55. The third-order valence-electron chi connectivity index (χ3n) is 6.18. The van der Waals surface area contributed by atoms with Crippen molar-refractivity contribution in [3.05, 3.63) is 59.8 Å². The normalized spacial score (nSPS) is 15.6. The smallest absolute Gasteiger partial charge is 0.273 e. The van der Waals surface area contributed by atoms with E-state index in [9.17, 15) is 9.59 Å². The standard InChI is InChI=1S/C25H32N6O2/c1-4-11-30(17-20-9-7-6-8-10-20)23-21-18-31(12-5-2)24(33)22(21)26-25(27-23)29-15-13-28(14-16-29)19(3)32/h4,6-10H,1,5,11-18H2,2-3H3. The van der Waals surface area contributed by atoms with Crippen molar-refractivity contribution < 1.29 is 9.59 Å². The molecule has 2 amide bonds. The maximum atomic E-state index is 13.2. The van der Waals surface area contributed by atoms with Crippen LogP contribution in [0.3, 0.4) is 0 Å². The van der Waals surface area contributed by atoms with Crippen LogP contribution in [0.1, 0.15) is 41.9 Å². The Hall–Kier alpha value is -3.42. The predicted octanol–water partition coefficient (Wildman–Crippen LogP) is 2.70. The maximum absolute atomic E-state index is 13.2. The molecule has 174 valence electrons. The van der Waals surface area contributed by atoms with E-state index in [-0.39, 0.29) is 11.8 Å². The molecule has 33 heavy (non-hydrogen) atoms. The number of piperazine rings is 1. The zero-order valence-corrected chi connectivity index (χ0v) is 19.5. The lowest BCUT2D eigenvalue weighted by atomic mass is 10.2. The van der Waals surface area contributed by atoms with Gasteiger partial charge in [-0.3, -0.25) is 9.59 Å². The van der Waals surface area contributed by atoms with Gasteiger partial charge in [0.05, 0.1) is 6.54 Å². The van der Waals surface area contributed by atoms with Crippen LogP contribution in [0.4, 0.5) is 11.8 Å². The molecule has 0 radical (unpaired) electrons. The van der Waals surface area contributed by atoms with Crippen LogP contribution >= 0.6 is 0 Å². The van der Waals surface area contributed by atoms with E-state index in [0.29, 0.717) is 64.0 Å². The number of hydrogen-bond acceptors (Lipinski definition) is 6. The number of nitrogens with zero attached hydrogens (tertiary/aromatic N) is 6. The third-order valence-corrected chi connectivity index (χ3v) is 6.18. The lowest BCUT2D eigenvalue weighted by Gasteiger charge is -2.35. The van der Waals surface area contributed by atoms with Crippen LogP contribution in [0.15, 0.2) is 43.0 Å². The van der Waals surface area contributed by atoms with Crippen LogP contribution in [0.2, 0.25) is 0 Å². The molecule has 0 bridgehead atoms. The van der Waals surface area contributed by atoms with Gasteiger partial charge in [-0.25, -0.2) is 4.98 Å². The molecule has 0 atom stereocenters. The van der Waals surface area contributed by atoms with Crippen molar-refractivity contribution in [2.75, 3.05) is 49.1 Å². The first kappa shape index (κ1) is 22.8. The molecule has 8 heteroatoms. The van der Waals surface area contributed by atoms with Crippen molar-refractivity contribution in [3.8, 4) is 0 Å². The monoisotopic (exact) mass is 448 g/mol. The first-order valence-corrected chi connectivity index (χ1v) is 11.6. The number of carbonyl (C=O) groups is 2. The molecule has 2 aromatic rings. The number of rotatable bonds is 8. The van der Waals surface area contributed by atoms with Gasteiger partial charge in [0.2, 0.25) is 11.9 Å². The van der Waals surface area contributed by atoms with E-state index in [0.717, 1.165) is 23.4 Å². The Labute approximate surface area is 195 Å². The number of benzene rings is 1. The second-order valence-electron chi connectivity index (χ2n) is 8.55. The van der Waals surface area contributed by atoms with Crippen molar-refractivity contribution in [1.29, 1.82) is 0 Å². The molecule has 2 aliphatic heterocycles. The van der Waals surface area contributed by atoms with Gasteiger partial charge in [0.1, 0.15) is 11.5 Å².